The van der Waals surface area contributed by atoms with Crippen LogP contribution in [0.15, 0.2) is 6.07 Å². The third-order valence-electron chi connectivity index (χ3n) is 1.74. The maximum Gasteiger partial charge on any atom is 0.574 e. The molecule has 18 heavy (non-hydrogen) atoms. The lowest BCUT2D eigenvalue weighted by atomic mass is 10.2. The van der Waals surface area contributed by atoms with E-state index >= 15 is 0 Å². The van der Waals surface area contributed by atoms with E-state index in [0.29, 0.717) is 0 Å². The SMILES string of the molecule is NCc1c(I)cc(OC(F)(F)F)nc1C(F)(F)F. The lowest BCUT2D eigenvalue weighted by Gasteiger charge is -2.15. The lowest BCUT2D eigenvalue weighted by Crippen LogP contribution is -2.21. The highest BCUT2D eigenvalue weighted by atomic mass is 127. The minimum atomic E-state index is -5.11. The summed E-state index contributed by atoms with van der Waals surface area (Å²) in [5.41, 5.74) is 3.26. The highest BCUT2D eigenvalue weighted by molar-refractivity contribution is 14.1. The van der Waals surface area contributed by atoms with Crippen molar-refractivity contribution in [2.45, 2.75) is 19.1 Å². The Bertz CT molecular complexity index is 444. The molecule has 0 spiro atoms. The van der Waals surface area contributed by atoms with Gasteiger partial charge in [0.2, 0.25) is 5.88 Å². The van der Waals surface area contributed by atoms with Gasteiger partial charge in [0.05, 0.1) is 0 Å². The predicted octanol–water partition coefficient (Wildman–Crippen LogP) is 3.06. The van der Waals surface area contributed by atoms with Gasteiger partial charge in [-0.25, -0.2) is 4.98 Å². The third kappa shape index (κ3) is 3.86. The van der Waals surface area contributed by atoms with Crippen molar-refractivity contribution >= 4 is 22.6 Å². The summed E-state index contributed by atoms with van der Waals surface area (Å²) in [5, 5.41) is 0. The summed E-state index contributed by atoms with van der Waals surface area (Å²) in [6.45, 7) is -0.494. The lowest BCUT2D eigenvalue weighted by molar-refractivity contribution is -0.276. The molecule has 0 aliphatic carbocycles. The largest absolute Gasteiger partial charge is 0.574 e. The third-order valence-corrected chi connectivity index (χ3v) is 2.70. The molecule has 3 nitrogen and oxygen atoms in total. The number of hydrogen-bond donors (Lipinski definition) is 1. The van der Waals surface area contributed by atoms with Crippen LogP contribution in [0.3, 0.4) is 0 Å². The number of pyridine rings is 1. The molecule has 10 heteroatoms. The molecule has 1 heterocycles. The van der Waals surface area contributed by atoms with Crippen LogP contribution in [0.1, 0.15) is 11.3 Å². The molecule has 0 saturated heterocycles. The Hall–Kier alpha value is -0.780. The van der Waals surface area contributed by atoms with E-state index in [-0.39, 0.29) is 9.13 Å². The molecule has 0 bridgehead atoms. The van der Waals surface area contributed by atoms with E-state index in [1.807, 2.05) is 0 Å². The topological polar surface area (TPSA) is 48.1 Å². The van der Waals surface area contributed by atoms with Crippen LogP contribution in [0.25, 0.3) is 0 Å². The Morgan fingerprint density at radius 2 is 1.78 bits per heavy atom. The zero-order chi connectivity index (χ0) is 14.1. The Morgan fingerprint density at radius 1 is 1.22 bits per heavy atom. The smallest absolute Gasteiger partial charge is 0.388 e. The Labute approximate surface area is 110 Å². The molecule has 1 aromatic rings. The molecule has 0 aliphatic heterocycles. The van der Waals surface area contributed by atoms with Crippen molar-refractivity contribution in [3.05, 3.63) is 20.9 Å². The average molecular weight is 386 g/mol. The zero-order valence-electron chi connectivity index (χ0n) is 8.36. The molecule has 0 fully saturated rings. The van der Waals surface area contributed by atoms with Gasteiger partial charge >= 0.3 is 12.5 Å². The van der Waals surface area contributed by atoms with Crippen molar-refractivity contribution in [3.63, 3.8) is 0 Å². The normalized spacial score (nSPS) is 12.7. The van der Waals surface area contributed by atoms with Crippen LogP contribution in [0, 0.1) is 3.57 Å². The number of halogens is 7. The van der Waals surface area contributed by atoms with Gasteiger partial charge in [-0.05, 0) is 22.6 Å². The van der Waals surface area contributed by atoms with E-state index in [4.69, 9.17) is 5.73 Å². The summed E-state index contributed by atoms with van der Waals surface area (Å²) in [7, 11) is 0. The monoisotopic (exact) mass is 386 g/mol. The van der Waals surface area contributed by atoms with Gasteiger partial charge in [-0.1, -0.05) is 0 Å². The van der Waals surface area contributed by atoms with Gasteiger partial charge in [0, 0.05) is 21.7 Å². The predicted molar refractivity (Wildman–Crippen MR) is 56.5 cm³/mol. The fraction of sp³-hybridized carbons (Fsp3) is 0.375. The van der Waals surface area contributed by atoms with Crippen LogP contribution in [-0.4, -0.2) is 11.3 Å². The van der Waals surface area contributed by atoms with Crippen LogP contribution in [-0.2, 0) is 12.7 Å². The molecule has 2 N–H and O–H groups in total. The number of nitrogens with zero attached hydrogens (tertiary/aromatic N) is 1. The second kappa shape index (κ2) is 5.07. The Kier molecular flexibility index (Phi) is 4.30. The van der Waals surface area contributed by atoms with Gasteiger partial charge in [0.25, 0.3) is 0 Å². The van der Waals surface area contributed by atoms with Gasteiger partial charge in [-0.15, -0.1) is 13.2 Å². The number of nitrogens with two attached hydrogens (primary N) is 1. The van der Waals surface area contributed by atoms with Crippen molar-refractivity contribution < 1.29 is 31.1 Å². The quantitative estimate of drug-likeness (QED) is 0.628. The Balaban J connectivity index is 3.31. The van der Waals surface area contributed by atoms with E-state index < -0.39 is 30.7 Å². The maximum atomic E-state index is 12.6. The molecule has 0 aliphatic rings. The van der Waals surface area contributed by atoms with Crippen molar-refractivity contribution in [1.29, 1.82) is 0 Å². The average Bonchev–Trinajstić information content (AvgIpc) is 2.12. The van der Waals surface area contributed by atoms with Crippen molar-refractivity contribution in [3.8, 4) is 5.88 Å². The molecule has 0 unspecified atom stereocenters. The minimum Gasteiger partial charge on any atom is -0.388 e. The van der Waals surface area contributed by atoms with E-state index in [2.05, 4.69) is 9.72 Å². The van der Waals surface area contributed by atoms with Crippen LogP contribution < -0.4 is 10.5 Å². The number of alkyl halides is 6. The van der Waals surface area contributed by atoms with Gasteiger partial charge in [0.15, 0.2) is 5.69 Å². The first-order valence-corrected chi connectivity index (χ1v) is 5.35. The van der Waals surface area contributed by atoms with E-state index in [1.165, 1.54) is 22.6 Å². The molecule has 0 atom stereocenters. The van der Waals surface area contributed by atoms with Gasteiger partial charge < -0.3 is 10.5 Å². The van der Waals surface area contributed by atoms with Gasteiger partial charge in [-0.3, -0.25) is 0 Å². The molecule has 0 saturated carbocycles. The molecule has 1 rings (SSSR count). The molecule has 0 radical (unpaired) electrons. The molecule has 0 amide bonds. The molecule has 0 aromatic carbocycles. The van der Waals surface area contributed by atoms with Crippen LogP contribution in [0.4, 0.5) is 26.3 Å². The number of aromatic nitrogens is 1. The fourth-order valence-electron chi connectivity index (χ4n) is 1.12. The molecule has 1 aromatic heterocycles. The second-order valence-electron chi connectivity index (χ2n) is 3.02. The number of hydrogen-bond acceptors (Lipinski definition) is 3. The van der Waals surface area contributed by atoms with Gasteiger partial charge in [0.1, 0.15) is 0 Å². The second-order valence-corrected chi connectivity index (χ2v) is 4.18. The first kappa shape index (κ1) is 15.3. The van der Waals surface area contributed by atoms with Crippen LogP contribution >= 0.6 is 22.6 Å². The molecule has 102 valence electrons. The van der Waals surface area contributed by atoms with Crippen LogP contribution in [0.5, 0.6) is 5.88 Å². The number of ether oxygens (including phenoxy) is 1. The summed E-state index contributed by atoms with van der Waals surface area (Å²) in [5.74, 6) is -1.17. The molecular weight excluding hydrogens is 381 g/mol. The van der Waals surface area contributed by atoms with E-state index in [1.54, 1.807) is 0 Å². The van der Waals surface area contributed by atoms with Gasteiger partial charge in [-0.2, -0.15) is 13.2 Å². The minimum absolute atomic E-state index is 0.100. The summed E-state index contributed by atoms with van der Waals surface area (Å²) in [4.78, 5) is 2.81. The fourth-order valence-corrected chi connectivity index (χ4v) is 1.86. The Morgan fingerprint density at radius 3 is 2.17 bits per heavy atom. The van der Waals surface area contributed by atoms with E-state index in [9.17, 15) is 26.3 Å². The highest BCUT2D eigenvalue weighted by Crippen LogP contribution is 2.35. The standard InChI is InChI=1S/C8H5F6IN2O/c9-7(10,11)6-3(2-16)4(15)1-5(17-6)18-8(12,13)14/h1H,2,16H2. The summed E-state index contributed by atoms with van der Waals surface area (Å²) in [6.07, 6.45) is -10.0. The zero-order valence-corrected chi connectivity index (χ0v) is 10.5. The van der Waals surface area contributed by atoms with Crippen molar-refractivity contribution in [2.75, 3.05) is 0 Å². The van der Waals surface area contributed by atoms with Crippen molar-refractivity contribution in [1.82, 2.24) is 4.98 Å². The molecular formula is C8H5F6IN2O. The maximum absolute atomic E-state index is 12.6. The van der Waals surface area contributed by atoms with Crippen molar-refractivity contribution in [2.24, 2.45) is 5.73 Å². The summed E-state index contributed by atoms with van der Waals surface area (Å²) >= 11 is 1.44. The highest BCUT2D eigenvalue weighted by Gasteiger charge is 2.38. The summed E-state index contributed by atoms with van der Waals surface area (Å²) in [6, 6.07) is 0.742. The van der Waals surface area contributed by atoms with Crippen LogP contribution in [0.2, 0.25) is 0 Å². The summed E-state index contributed by atoms with van der Waals surface area (Å²) < 4.78 is 76.7. The first-order chi connectivity index (χ1) is 8.04. The van der Waals surface area contributed by atoms with E-state index in [0.717, 1.165) is 6.07 Å². The first-order valence-electron chi connectivity index (χ1n) is 4.27. The number of rotatable bonds is 2.